The Hall–Kier alpha value is -1.59. The summed E-state index contributed by atoms with van der Waals surface area (Å²) in [6.07, 6.45) is 2.36. The van der Waals surface area contributed by atoms with Crippen molar-refractivity contribution in [1.29, 1.82) is 0 Å². The molecule has 2 saturated heterocycles. The number of carbonyl (C=O) groups excluding carboxylic acids is 1. The maximum absolute atomic E-state index is 11.0. The summed E-state index contributed by atoms with van der Waals surface area (Å²) < 4.78 is 5.72. The van der Waals surface area contributed by atoms with Crippen LogP contribution < -0.4 is 15.8 Å². The molecular weight excluding hydrogens is 266 g/mol. The lowest BCUT2D eigenvalue weighted by molar-refractivity contribution is 0.100. The molecule has 0 radical (unpaired) electrons. The highest BCUT2D eigenvalue weighted by Gasteiger charge is 2.36. The van der Waals surface area contributed by atoms with E-state index in [1.165, 1.54) is 19.5 Å². The average Bonchev–Trinajstić information content (AvgIpc) is 3.08. The molecule has 0 aromatic heterocycles. The Kier molecular flexibility index (Phi) is 4.41. The smallest absolute Gasteiger partial charge is 0.248 e. The van der Waals surface area contributed by atoms with E-state index in [1.807, 2.05) is 0 Å². The highest BCUT2D eigenvalue weighted by Crippen LogP contribution is 2.26. The molecule has 5 heteroatoms. The zero-order valence-electron chi connectivity index (χ0n) is 12.3. The van der Waals surface area contributed by atoms with Crippen LogP contribution in [0.5, 0.6) is 5.75 Å². The predicted molar refractivity (Wildman–Crippen MR) is 81.4 cm³/mol. The molecule has 1 aromatic carbocycles. The molecule has 1 amide bonds. The molecule has 2 heterocycles. The van der Waals surface area contributed by atoms with Gasteiger partial charge in [-0.1, -0.05) is 0 Å². The minimum absolute atomic E-state index is 0.407. The minimum atomic E-state index is -0.407. The lowest BCUT2D eigenvalue weighted by Gasteiger charge is -2.22. The van der Waals surface area contributed by atoms with Gasteiger partial charge in [0, 0.05) is 24.7 Å². The quantitative estimate of drug-likeness (QED) is 0.762. The van der Waals surface area contributed by atoms with Gasteiger partial charge in [0.05, 0.1) is 6.61 Å². The number of ether oxygens (including phenoxy) is 1. The molecule has 2 aliphatic rings. The normalized spacial score (nSPS) is 25.0. The Morgan fingerprint density at radius 1 is 1.33 bits per heavy atom. The van der Waals surface area contributed by atoms with Gasteiger partial charge >= 0.3 is 0 Å². The van der Waals surface area contributed by atoms with Gasteiger partial charge in [-0.05, 0) is 56.1 Å². The summed E-state index contributed by atoms with van der Waals surface area (Å²) in [6, 6.07) is 7.74. The van der Waals surface area contributed by atoms with Crippen LogP contribution in [0.15, 0.2) is 24.3 Å². The standard InChI is InChI=1S/C16H23N3O2/c17-16(20)12-2-4-14(5-3-12)21-9-1-7-19-8-6-13-10-18-11-15(13)19/h2-5,13,15,18H,1,6-11H2,(H2,17,20)/t13-,15+/m1/s1. The van der Waals surface area contributed by atoms with Gasteiger partial charge in [0.15, 0.2) is 0 Å². The van der Waals surface area contributed by atoms with Gasteiger partial charge in [-0.15, -0.1) is 0 Å². The summed E-state index contributed by atoms with van der Waals surface area (Å²) in [6.45, 7) is 5.35. The molecule has 114 valence electrons. The van der Waals surface area contributed by atoms with Crippen molar-refractivity contribution in [1.82, 2.24) is 10.2 Å². The van der Waals surface area contributed by atoms with Crippen LogP contribution in [0.25, 0.3) is 0 Å². The van der Waals surface area contributed by atoms with E-state index in [0.717, 1.165) is 37.2 Å². The van der Waals surface area contributed by atoms with Crippen LogP contribution in [0.1, 0.15) is 23.2 Å². The number of hydrogen-bond donors (Lipinski definition) is 2. The number of nitrogens with two attached hydrogens (primary N) is 1. The zero-order valence-corrected chi connectivity index (χ0v) is 12.3. The topological polar surface area (TPSA) is 67.6 Å². The Morgan fingerprint density at radius 2 is 2.14 bits per heavy atom. The molecule has 2 fully saturated rings. The summed E-state index contributed by atoms with van der Waals surface area (Å²) >= 11 is 0. The summed E-state index contributed by atoms with van der Waals surface area (Å²) in [5.41, 5.74) is 5.72. The molecule has 21 heavy (non-hydrogen) atoms. The molecule has 5 nitrogen and oxygen atoms in total. The Bertz CT molecular complexity index is 489. The van der Waals surface area contributed by atoms with E-state index in [-0.39, 0.29) is 0 Å². The second kappa shape index (κ2) is 6.45. The van der Waals surface area contributed by atoms with Crippen molar-refractivity contribution in [3.8, 4) is 5.75 Å². The fourth-order valence-electron chi connectivity index (χ4n) is 3.39. The Morgan fingerprint density at radius 3 is 2.90 bits per heavy atom. The highest BCUT2D eigenvalue weighted by molar-refractivity contribution is 5.92. The van der Waals surface area contributed by atoms with Crippen LogP contribution in [0.2, 0.25) is 0 Å². The van der Waals surface area contributed by atoms with E-state index in [4.69, 9.17) is 10.5 Å². The molecule has 0 spiro atoms. The Labute approximate surface area is 125 Å². The highest BCUT2D eigenvalue weighted by atomic mass is 16.5. The van der Waals surface area contributed by atoms with Gasteiger partial charge in [0.1, 0.15) is 5.75 Å². The third kappa shape index (κ3) is 3.36. The molecule has 3 rings (SSSR count). The predicted octanol–water partition coefficient (Wildman–Crippen LogP) is 0.848. The van der Waals surface area contributed by atoms with Crippen molar-refractivity contribution in [3.63, 3.8) is 0 Å². The molecule has 2 atom stereocenters. The summed E-state index contributed by atoms with van der Waals surface area (Å²) in [4.78, 5) is 13.6. The van der Waals surface area contributed by atoms with Gasteiger partial charge in [0.25, 0.3) is 0 Å². The molecule has 0 saturated carbocycles. The number of hydrogen-bond acceptors (Lipinski definition) is 4. The maximum atomic E-state index is 11.0. The molecule has 3 N–H and O–H groups in total. The van der Waals surface area contributed by atoms with Crippen LogP contribution in [-0.2, 0) is 0 Å². The summed E-state index contributed by atoms with van der Waals surface area (Å²) in [5, 5.41) is 3.47. The number of nitrogens with zero attached hydrogens (tertiary/aromatic N) is 1. The van der Waals surface area contributed by atoms with Crippen LogP contribution in [0.3, 0.4) is 0 Å². The van der Waals surface area contributed by atoms with E-state index < -0.39 is 5.91 Å². The zero-order chi connectivity index (χ0) is 14.7. The van der Waals surface area contributed by atoms with Crippen molar-refractivity contribution >= 4 is 5.91 Å². The third-order valence-electron chi connectivity index (χ3n) is 4.56. The number of nitrogens with one attached hydrogen (secondary N) is 1. The number of fused-ring (bicyclic) bond motifs is 1. The first-order chi connectivity index (χ1) is 10.2. The van der Waals surface area contributed by atoms with Crippen molar-refractivity contribution in [2.24, 2.45) is 11.7 Å². The number of benzene rings is 1. The molecule has 1 aromatic rings. The third-order valence-corrected chi connectivity index (χ3v) is 4.56. The monoisotopic (exact) mass is 289 g/mol. The fourth-order valence-corrected chi connectivity index (χ4v) is 3.39. The molecule has 0 bridgehead atoms. The van der Waals surface area contributed by atoms with Crippen LogP contribution >= 0.6 is 0 Å². The molecule has 0 aliphatic carbocycles. The summed E-state index contributed by atoms with van der Waals surface area (Å²) in [7, 11) is 0. The first kappa shape index (κ1) is 14.4. The van der Waals surface area contributed by atoms with Crippen LogP contribution in [0.4, 0.5) is 0 Å². The maximum Gasteiger partial charge on any atom is 0.248 e. The second-order valence-corrected chi connectivity index (χ2v) is 5.90. The van der Waals surface area contributed by atoms with Gasteiger partial charge in [-0.25, -0.2) is 0 Å². The second-order valence-electron chi connectivity index (χ2n) is 5.90. The SMILES string of the molecule is NC(=O)c1ccc(OCCCN2CC[C@@H]3CNC[C@@H]32)cc1. The van der Waals surface area contributed by atoms with Gasteiger partial charge in [-0.2, -0.15) is 0 Å². The first-order valence-corrected chi connectivity index (χ1v) is 7.71. The lowest BCUT2D eigenvalue weighted by atomic mass is 10.1. The number of likely N-dealkylation sites (tertiary alicyclic amines) is 1. The van der Waals surface area contributed by atoms with E-state index in [9.17, 15) is 4.79 Å². The van der Waals surface area contributed by atoms with E-state index >= 15 is 0 Å². The number of rotatable bonds is 6. The average molecular weight is 289 g/mol. The first-order valence-electron chi connectivity index (χ1n) is 7.71. The number of amides is 1. The minimum Gasteiger partial charge on any atom is -0.494 e. The molecular formula is C16H23N3O2. The van der Waals surface area contributed by atoms with Crippen molar-refractivity contribution in [2.75, 3.05) is 32.8 Å². The lowest BCUT2D eigenvalue weighted by Crippen LogP contribution is -2.35. The van der Waals surface area contributed by atoms with Gasteiger partial charge < -0.3 is 15.8 Å². The fraction of sp³-hybridized carbons (Fsp3) is 0.562. The van der Waals surface area contributed by atoms with Crippen molar-refractivity contribution < 1.29 is 9.53 Å². The van der Waals surface area contributed by atoms with Gasteiger partial charge in [0.2, 0.25) is 5.91 Å². The van der Waals surface area contributed by atoms with Crippen LogP contribution in [0, 0.1) is 5.92 Å². The summed E-state index contributed by atoms with van der Waals surface area (Å²) in [5.74, 6) is 1.24. The Balaban J connectivity index is 1.39. The molecule has 2 aliphatic heterocycles. The van der Waals surface area contributed by atoms with E-state index in [2.05, 4.69) is 10.2 Å². The van der Waals surface area contributed by atoms with Crippen molar-refractivity contribution in [2.45, 2.75) is 18.9 Å². The van der Waals surface area contributed by atoms with E-state index in [1.54, 1.807) is 24.3 Å². The molecule has 0 unspecified atom stereocenters. The number of carbonyl (C=O) groups is 1. The van der Waals surface area contributed by atoms with Gasteiger partial charge in [-0.3, -0.25) is 9.69 Å². The van der Waals surface area contributed by atoms with Crippen molar-refractivity contribution in [3.05, 3.63) is 29.8 Å². The number of primary amides is 1. The largest absolute Gasteiger partial charge is 0.494 e. The van der Waals surface area contributed by atoms with E-state index in [0.29, 0.717) is 12.2 Å². The van der Waals surface area contributed by atoms with Crippen LogP contribution in [-0.4, -0.2) is 49.6 Å².